The number of nitriles is 1. The van der Waals surface area contributed by atoms with Crippen LogP contribution in [0.25, 0.3) is 0 Å². The Hall–Kier alpha value is -2.66. The van der Waals surface area contributed by atoms with E-state index in [-0.39, 0.29) is 0 Å². The second-order valence-corrected chi connectivity index (χ2v) is 10.4. The van der Waals surface area contributed by atoms with E-state index in [1.807, 2.05) is 11.0 Å². The molecule has 0 radical (unpaired) electrons. The van der Waals surface area contributed by atoms with Gasteiger partial charge in [-0.15, -0.1) is 0 Å². The number of anilines is 2. The number of hydrogen-bond donors (Lipinski definition) is 2. The molecule has 7 heteroatoms. The summed E-state index contributed by atoms with van der Waals surface area (Å²) in [4.78, 5) is 11.9. The molecule has 0 spiro atoms. The molecule has 0 aliphatic carbocycles. The van der Waals surface area contributed by atoms with E-state index in [9.17, 15) is 15.5 Å². The minimum absolute atomic E-state index is 0.321. The van der Waals surface area contributed by atoms with Gasteiger partial charge in [0.15, 0.2) is 0 Å². The van der Waals surface area contributed by atoms with E-state index in [1.54, 1.807) is 13.8 Å². The highest BCUT2D eigenvalue weighted by Crippen LogP contribution is 2.37. The minimum atomic E-state index is -0.598. The first-order valence-electron chi connectivity index (χ1n) is 12.9. The Bertz CT molecular complexity index is 1020. The van der Waals surface area contributed by atoms with Gasteiger partial charge in [0, 0.05) is 51.4 Å². The fourth-order valence-electron chi connectivity index (χ4n) is 5.35. The molecule has 188 valence electrons. The van der Waals surface area contributed by atoms with E-state index in [2.05, 4.69) is 47.1 Å². The number of aliphatic hydroxyl groups is 2. The molecule has 3 heterocycles. The van der Waals surface area contributed by atoms with E-state index < -0.39 is 12.2 Å². The molecule has 1 saturated heterocycles. The number of aliphatic hydroxyl groups excluding tert-OH is 2. The van der Waals surface area contributed by atoms with Crippen LogP contribution in [0.5, 0.6) is 0 Å². The maximum atomic E-state index is 10.3. The summed E-state index contributed by atoms with van der Waals surface area (Å²) in [5.41, 5.74) is 4.12. The lowest BCUT2D eigenvalue weighted by atomic mass is 9.93. The van der Waals surface area contributed by atoms with E-state index in [4.69, 9.17) is 4.98 Å². The molecule has 0 amide bonds. The third kappa shape index (κ3) is 6.13. The monoisotopic (exact) mass is 477 g/mol. The zero-order valence-corrected chi connectivity index (χ0v) is 21.3. The van der Waals surface area contributed by atoms with Crippen molar-refractivity contribution in [2.45, 2.75) is 65.3 Å². The van der Waals surface area contributed by atoms with Gasteiger partial charge in [-0.3, -0.25) is 4.90 Å². The highest BCUT2D eigenvalue weighted by atomic mass is 16.3. The smallest absolute Gasteiger partial charge is 0.149 e. The first-order valence-corrected chi connectivity index (χ1v) is 12.9. The Morgan fingerprint density at radius 2 is 1.71 bits per heavy atom. The highest BCUT2D eigenvalue weighted by Gasteiger charge is 2.31. The molecule has 2 N–H and O–H groups in total. The van der Waals surface area contributed by atoms with Gasteiger partial charge in [0.2, 0.25) is 0 Å². The molecule has 2 unspecified atom stereocenters. The van der Waals surface area contributed by atoms with Crippen molar-refractivity contribution >= 4 is 11.6 Å². The number of rotatable bonds is 8. The van der Waals surface area contributed by atoms with Crippen molar-refractivity contribution in [3.63, 3.8) is 0 Å². The summed E-state index contributed by atoms with van der Waals surface area (Å²) in [5, 5.41) is 30.6. The van der Waals surface area contributed by atoms with Gasteiger partial charge in [-0.2, -0.15) is 5.26 Å². The fourth-order valence-corrected chi connectivity index (χ4v) is 5.35. The summed E-state index contributed by atoms with van der Waals surface area (Å²) in [6.07, 6.45) is 1.85. The third-order valence-corrected chi connectivity index (χ3v) is 7.14. The Kier molecular flexibility index (Phi) is 8.27. The van der Waals surface area contributed by atoms with Gasteiger partial charge in [-0.1, -0.05) is 37.3 Å². The molecular weight excluding hydrogens is 438 g/mol. The van der Waals surface area contributed by atoms with Crippen molar-refractivity contribution < 1.29 is 10.2 Å². The number of pyridine rings is 1. The number of fused-ring (bicyclic) bond motifs is 1. The van der Waals surface area contributed by atoms with Gasteiger partial charge in [0.05, 0.1) is 17.8 Å². The minimum Gasteiger partial charge on any atom is -0.392 e. The van der Waals surface area contributed by atoms with Crippen molar-refractivity contribution in [1.29, 1.82) is 5.26 Å². The molecule has 2 aliphatic heterocycles. The molecule has 0 saturated carbocycles. The van der Waals surface area contributed by atoms with Crippen LogP contribution in [0, 0.1) is 17.2 Å². The van der Waals surface area contributed by atoms with Gasteiger partial charge in [-0.05, 0) is 50.2 Å². The predicted octanol–water partition coefficient (Wildman–Crippen LogP) is 3.32. The van der Waals surface area contributed by atoms with Crippen LogP contribution in [-0.4, -0.2) is 65.0 Å². The summed E-state index contributed by atoms with van der Waals surface area (Å²) in [6.45, 7) is 10.8. The van der Waals surface area contributed by atoms with Gasteiger partial charge < -0.3 is 20.0 Å². The normalized spacial score (nSPS) is 18.6. The Balaban J connectivity index is 1.76. The van der Waals surface area contributed by atoms with Crippen molar-refractivity contribution in [1.82, 2.24) is 9.88 Å². The summed E-state index contributed by atoms with van der Waals surface area (Å²) >= 11 is 0. The number of hydrogen-bond acceptors (Lipinski definition) is 7. The van der Waals surface area contributed by atoms with Crippen molar-refractivity contribution in [2.75, 3.05) is 42.5 Å². The average molecular weight is 478 g/mol. The van der Waals surface area contributed by atoms with E-state index >= 15 is 0 Å². The molecule has 4 rings (SSSR count). The van der Waals surface area contributed by atoms with Crippen molar-refractivity contribution in [2.24, 2.45) is 5.92 Å². The molecule has 35 heavy (non-hydrogen) atoms. The number of aromatic nitrogens is 1. The number of piperidine rings is 1. The number of benzene rings is 1. The van der Waals surface area contributed by atoms with Crippen molar-refractivity contribution in [3.8, 4) is 6.07 Å². The summed E-state index contributed by atoms with van der Waals surface area (Å²) in [6, 6.07) is 13.0. The SMILES string of the molecule is CC(O)CN(CC(C)O)c1nc(N2CCC(C)CC2)c2c(c1C#N)CCN(Cc1ccccc1)C2. The second-order valence-electron chi connectivity index (χ2n) is 10.4. The van der Waals surface area contributed by atoms with Crippen LogP contribution in [-0.2, 0) is 19.5 Å². The van der Waals surface area contributed by atoms with Crippen LogP contribution in [0.4, 0.5) is 11.6 Å². The van der Waals surface area contributed by atoms with Gasteiger partial charge >= 0.3 is 0 Å². The standard InChI is InChI=1S/C28H39N5O2/c1-20-9-13-32(14-10-20)28-26-19-31(18-23-7-5-4-6-8-23)12-11-24(26)25(15-29)27(30-28)33(16-21(2)34)17-22(3)35/h4-8,20-22,34-35H,9-14,16-19H2,1-3H3. The van der Waals surface area contributed by atoms with Crippen LogP contribution < -0.4 is 9.80 Å². The first-order chi connectivity index (χ1) is 16.9. The maximum Gasteiger partial charge on any atom is 0.149 e. The molecule has 1 aromatic carbocycles. The van der Waals surface area contributed by atoms with E-state index in [0.717, 1.165) is 68.9 Å². The van der Waals surface area contributed by atoms with Gasteiger partial charge in [0.1, 0.15) is 17.7 Å². The molecule has 0 bridgehead atoms. The Morgan fingerprint density at radius 1 is 1.06 bits per heavy atom. The molecule has 7 nitrogen and oxygen atoms in total. The van der Waals surface area contributed by atoms with Crippen molar-refractivity contribution in [3.05, 3.63) is 52.6 Å². The molecular formula is C28H39N5O2. The van der Waals surface area contributed by atoms with Gasteiger partial charge in [0.25, 0.3) is 0 Å². The predicted molar refractivity (Wildman–Crippen MR) is 139 cm³/mol. The first kappa shape index (κ1) is 25.4. The zero-order valence-electron chi connectivity index (χ0n) is 21.3. The van der Waals surface area contributed by atoms with Crippen LogP contribution >= 0.6 is 0 Å². The topological polar surface area (TPSA) is 86.9 Å². The largest absolute Gasteiger partial charge is 0.392 e. The van der Waals surface area contributed by atoms with Crippen LogP contribution in [0.2, 0.25) is 0 Å². The molecule has 1 fully saturated rings. The van der Waals surface area contributed by atoms with Crippen LogP contribution in [0.1, 0.15) is 55.9 Å². The lowest BCUT2D eigenvalue weighted by molar-refractivity contribution is 0.177. The Labute approximate surface area is 209 Å². The quantitative estimate of drug-likeness (QED) is 0.603. The molecule has 2 aliphatic rings. The molecule has 2 atom stereocenters. The molecule has 2 aromatic rings. The summed E-state index contributed by atoms with van der Waals surface area (Å²) < 4.78 is 0. The number of nitrogens with zero attached hydrogens (tertiary/aromatic N) is 5. The Morgan fingerprint density at radius 3 is 2.31 bits per heavy atom. The fraction of sp³-hybridized carbons (Fsp3) is 0.571. The molecule has 1 aromatic heterocycles. The zero-order chi connectivity index (χ0) is 24.9. The highest BCUT2D eigenvalue weighted by molar-refractivity contribution is 5.68. The van der Waals surface area contributed by atoms with Crippen LogP contribution in [0.3, 0.4) is 0 Å². The summed E-state index contributed by atoms with van der Waals surface area (Å²) in [5.74, 6) is 2.27. The third-order valence-electron chi connectivity index (χ3n) is 7.14. The van der Waals surface area contributed by atoms with Crippen LogP contribution in [0.15, 0.2) is 30.3 Å². The lowest BCUT2D eigenvalue weighted by Crippen LogP contribution is -2.40. The summed E-state index contributed by atoms with van der Waals surface area (Å²) in [7, 11) is 0. The van der Waals surface area contributed by atoms with E-state index in [0.29, 0.717) is 30.4 Å². The lowest BCUT2D eigenvalue weighted by Gasteiger charge is -2.38. The maximum absolute atomic E-state index is 10.3. The second kappa shape index (κ2) is 11.4. The van der Waals surface area contributed by atoms with Gasteiger partial charge in [-0.25, -0.2) is 4.98 Å². The average Bonchev–Trinajstić information content (AvgIpc) is 2.83. The van der Waals surface area contributed by atoms with E-state index in [1.165, 1.54) is 5.56 Å².